The predicted molar refractivity (Wildman–Crippen MR) is 93.7 cm³/mol. The fourth-order valence-electron chi connectivity index (χ4n) is 3.88. The quantitative estimate of drug-likeness (QED) is 0.723. The van der Waals surface area contributed by atoms with Gasteiger partial charge in [-0.25, -0.2) is 0 Å². The Morgan fingerprint density at radius 3 is 2.58 bits per heavy atom. The van der Waals surface area contributed by atoms with E-state index in [9.17, 15) is 9.59 Å². The lowest BCUT2D eigenvalue weighted by Gasteiger charge is -2.31. The second-order valence-electron chi connectivity index (χ2n) is 7.02. The SMILES string of the molecule is CCN1CCCC1CNC(=O)CCC1CCN(C(=O)COC)CC1. The van der Waals surface area contributed by atoms with E-state index in [0.29, 0.717) is 18.4 Å². The van der Waals surface area contributed by atoms with Crippen LogP contribution in [0.3, 0.4) is 0 Å². The number of amides is 2. The van der Waals surface area contributed by atoms with Gasteiger partial charge in [0.05, 0.1) is 0 Å². The number of hydrogen-bond donors (Lipinski definition) is 1. The van der Waals surface area contributed by atoms with E-state index in [0.717, 1.165) is 52.0 Å². The number of likely N-dealkylation sites (tertiary alicyclic amines) is 2. The number of nitrogens with one attached hydrogen (secondary N) is 1. The molecule has 6 heteroatoms. The van der Waals surface area contributed by atoms with E-state index >= 15 is 0 Å². The molecule has 2 saturated heterocycles. The minimum atomic E-state index is 0.0748. The van der Waals surface area contributed by atoms with Gasteiger partial charge in [-0.15, -0.1) is 0 Å². The molecule has 0 radical (unpaired) electrons. The van der Waals surface area contributed by atoms with Crippen LogP contribution < -0.4 is 5.32 Å². The van der Waals surface area contributed by atoms with Gasteiger partial charge in [0.15, 0.2) is 0 Å². The molecule has 24 heavy (non-hydrogen) atoms. The van der Waals surface area contributed by atoms with Gasteiger partial charge < -0.3 is 15.0 Å². The predicted octanol–water partition coefficient (Wildman–Crippen LogP) is 1.25. The topological polar surface area (TPSA) is 61.9 Å². The first-order valence-electron chi connectivity index (χ1n) is 9.41. The molecule has 0 spiro atoms. The average Bonchev–Trinajstić information content (AvgIpc) is 3.06. The third-order valence-electron chi connectivity index (χ3n) is 5.45. The highest BCUT2D eigenvalue weighted by molar-refractivity contribution is 5.77. The smallest absolute Gasteiger partial charge is 0.248 e. The molecule has 0 aromatic heterocycles. The third-order valence-corrected chi connectivity index (χ3v) is 5.45. The zero-order chi connectivity index (χ0) is 17.4. The number of rotatable bonds is 8. The molecule has 0 aromatic rings. The van der Waals surface area contributed by atoms with Crippen LogP contribution in [0.2, 0.25) is 0 Å². The minimum Gasteiger partial charge on any atom is -0.375 e. The van der Waals surface area contributed by atoms with Gasteiger partial charge in [0.25, 0.3) is 0 Å². The molecule has 6 nitrogen and oxygen atoms in total. The van der Waals surface area contributed by atoms with E-state index in [1.54, 1.807) is 7.11 Å². The molecule has 1 N–H and O–H groups in total. The van der Waals surface area contributed by atoms with Crippen molar-refractivity contribution in [3.63, 3.8) is 0 Å². The maximum atomic E-state index is 12.1. The fourth-order valence-corrected chi connectivity index (χ4v) is 3.88. The van der Waals surface area contributed by atoms with E-state index in [-0.39, 0.29) is 18.4 Å². The number of carbonyl (C=O) groups is 2. The number of carbonyl (C=O) groups excluding carboxylic acids is 2. The Kier molecular flexibility index (Phi) is 7.99. The monoisotopic (exact) mass is 339 g/mol. The van der Waals surface area contributed by atoms with E-state index in [1.165, 1.54) is 12.8 Å². The van der Waals surface area contributed by atoms with Gasteiger partial charge in [0, 0.05) is 39.2 Å². The van der Waals surface area contributed by atoms with Crippen LogP contribution in [0, 0.1) is 5.92 Å². The van der Waals surface area contributed by atoms with Gasteiger partial charge >= 0.3 is 0 Å². The van der Waals surface area contributed by atoms with Crippen LogP contribution in [-0.2, 0) is 14.3 Å². The highest BCUT2D eigenvalue weighted by Gasteiger charge is 2.24. The Hall–Kier alpha value is -1.14. The summed E-state index contributed by atoms with van der Waals surface area (Å²) in [4.78, 5) is 28.2. The van der Waals surface area contributed by atoms with Crippen LogP contribution in [0.1, 0.15) is 45.4 Å². The van der Waals surface area contributed by atoms with Crippen molar-refractivity contribution in [2.45, 2.75) is 51.5 Å². The lowest BCUT2D eigenvalue weighted by molar-refractivity contribution is -0.136. The molecule has 2 fully saturated rings. The summed E-state index contributed by atoms with van der Waals surface area (Å²) in [7, 11) is 1.55. The Morgan fingerprint density at radius 1 is 1.17 bits per heavy atom. The molecule has 1 unspecified atom stereocenters. The minimum absolute atomic E-state index is 0.0748. The van der Waals surface area contributed by atoms with Crippen molar-refractivity contribution in [1.29, 1.82) is 0 Å². The van der Waals surface area contributed by atoms with Crippen LogP contribution >= 0.6 is 0 Å². The molecule has 2 heterocycles. The van der Waals surface area contributed by atoms with Gasteiger partial charge in [-0.2, -0.15) is 0 Å². The number of hydrogen-bond acceptors (Lipinski definition) is 4. The summed E-state index contributed by atoms with van der Waals surface area (Å²) < 4.78 is 4.90. The van der Waals surface area contributed by atoms with E-state index in [1.807, 2.05) is 4.90 Å². The largest absolute Gasteiger partial charge is 0.375 e. The van der Waals surface area contributed by atoms with Crippen molar-refractivity contribution in [2.75, 3.05) is 46.4 Å². The van der Waals surface area contributed by atoms with E-state index < -0.39 is 0 Å². The molecule has 138 valence electrons. The molecule has 0 aliphatic carbocycles. The molecule has 2 aliphatic heterocycles. The summed E-state index contributed by atoms with van der Waals surface area (Å²) in [6.45, 7) is 6.96. The van der Waals surface area contributed by atoms with Crippen molar-refractivity contribution in [3.8, 4) is 0 Å². The van der Waals surface area contributed by atoms with Crippen LogP contribution in [-0.4, -0.2) is 74.1 Å². The molecular formula is C18H33N3O3. The number of piperidine rings is 1. The van der Waals surface area contributed by atoms with Crippen LogP contribution in [0.4, 0.5) is 0 Å². The molecule has 2 amide bonds. The molecule has 0 saturated carbocycles. The first kappa shape index (κ1) is 19.2. The molecule has 0 aromatic carbocycles. The first-order valence-corrected chi connectivity index (χ1v) is 9.41. The summed E-state index contributed by atoms with van der Waals surface area (Å²) in [6, 6.07) is 0.522. The standard InChI is InChI=1S/C18H33N3O3/c1-3-20-10-4-5-16(20)13-19-17(22)7-6-15-8-11-21(12-9-15)18(23)14-24-2/h15-16H,3-14H2,1-2H3,(H,19,22). The number of methoxy groups -OCH3 is 1. The lowest BCUT2D eigenvalue weighted by Crippen LogP contribution is -2.41. The number of nitrogens with zero attached hydrogens (tertiary/aromatic N) is 2. The van der Waals surface area contributed by atoms with Crippen molar-refractivity contribution in [3.05, 3.63) is 0 Å². The Bertz CT molecular complexity index is 408. The van der Waals surface area contributed by atoms with E-state index in [4.69, 9.17) is 4.74 Å². The van der Waals surface area contributed by atoms with Gasteiger partial charge in [-0.3, -0.25) is 14.5 Å². The average molecular weight is 339 g/mol. The van der Waals surface area contributed by atoms with Crippen molar-refractivity contribution < 1.29 is 14.3 Å². The van der Waals surface area contributed by atoms with Gasteiger partial charge in [0.1, 0.15) is 6.61 Å². The first-order chi connectivity index (χ1) is 11.6. The molecule has 1 atom stereocenters. The second kappa shape index (κ2) is 9.99. The number of ether oxygens (including phenoxy) is 1. The van der Waals surface area contributed by atoms with Crippen LogP contribution in [0.15, 0.2) is 0 Å². The fraction of sp³-hybridized carbons (Fsp3) is 0.889. The maximum absolute atomic E-state index is 12.1. The second-order valence-corrected chi connectivity index (χ2v) is 7.02. The summed E-state index contributed by atoms with van der Waals surface area (Å²) in [5.74, 6) is 0.808. The molecule has 2 aliphatic rings. The lowest BCUT2D eigenvalue weighted by atomic mass is 9.92. The Labute approximate surface area is 145 Å². The Morgan fingerprint density at radius 2 is 1.92 bits per heavy atom. The Balaban J connectivity index is 1.58. The third kappa shape index (κ3) is 5.74. The van der Waals surface area contributed by atoms with Crippen molar-refractivity contribution >= 4 is 11.8 Å². The van der Waals surface area contributed by atoms with Gasteiger partial charge in [0.2, 0.25) is 11.8 Å². The molecule has 0 bridgehead atoms. The van der Waals surface area contributed by atoms with Crippen LogP contribution in [0.25, 0.3) is 0 Å². The summed E-state index contributed by atoms with van der Waals surface area (Å²) in [5.41, 5.74) is 0. The zero-order valence-electron chi connectivity index (χ0n) is 15.3. The van der Waals surface area contributed by atoms with E-state index in [2.05, 4.69) is 17.1 Å². The normalized spacial score (nSPS) is 22.8. The van der Waals surface area contributed by atoms with Crippen LogP contribution in [0.5, 0.6) is 0 Å². The van der Waals surface area contributed by atoms with Crippen molar-refractivity contribution in [1.82, 2.24) is 15.1 Å². The number of likely N-dealkylation sites (N-methyl/N-ethyl adjacent to an activating group) is 1. The highest BCUT2D eigenvalue weighted by Crippen LogP contribution is 2.22. The highest BCUT2D eigenvalue weighted by atomic mass is 16.5. The zero-order valence-corrected chi connectivity index (χ0v) is 15.3. The van der Waals surface area contributed by atoms with Crippen molar-refractivity contribution in [2.24, 2.45) is 5.92 Å². The summed E-state index contributed by atoms with van der Waals surface area (Å²) in [6.07, 6.45) is 5.97. The summed E-state index contributed by atoms with van der Waals surface area (Å²) >= 11 is 0. The molecule has 2 rings (SSSR count). The molecular weight excluding hydrogens is 306 g/mol. The van der Waals surface area contributed by atoms with Gasteiger partial charge in [-0.05, 0) is 51.1 Å². The van der Waals surface area contributed by atoms with Gasteiger partial charge in [-0.1, -0.05) is 6.92 Å². The summed E-state index contributed by atoms with van der Waals surface area (Å²) in [5, 5.41) is 3.11. The maximum Gasteiger partial charge on any atom is 0.248 e.